The first-order valence-electron chi connectivity index (χ1n) is 3.22. The highest BCUT2D eigenvalue weighted by molar-refractivity contribution is 7.98. The lowest BCUT2D eigenvalue weighted by atomic mass is 10.2. The Balaban J connectivity index is 2.33. The van der Waals surface area contributed by atoms with Crippen LogP contribution in [0.25, 0.3) is 0 Å². The summed E-state index contributed by atoms with van der Waals surface area (Å²) >= 11 is 1.61. The Bertz CT molecular complexity index is 107. The van der Waals surface area contributed by atoms with E-state index in [0.717, 1.165) is 5.75 Å². The van der Waals surface area contributed by atoms with E-state index >= 15 is 0 Å². The molecular formula is C6H12O3S. The van der Waals surface area contributed by atoms with Crippen molar-refractivity contribution < 1.29 is 14.9 Å². The molecule has 1 aliphatic heterocycles. The molecule has 1 fully saturated rings. The van der Waals surface area contributed by atoms with Gasteiger partial charge in [0.2, 0.25) is 0 Å². The second-order valence-electron chi connectivity index (χ2n) is 2.39. The smallest absolute Gasteiger partial charge is 0.109 e. The van der Waals surface area contributed by atoms with Crippen LogP contribution >= 0.6 is 11.8 Å². The maximum absolute atomic E-state index is 9.20. The van der Waals surface area contributed by atoms with Crippen molar-refractivity contribution in [3.63, 3.8) is 0 Å². The molecule has 3 nitrogen and oxygen atoms in total. The van der Waals surface area contributed by atoms with Gasteiger partial charge in [-0.1, -0.05) is 0 Å². The van der Waals surface area contributed by atoms with Crippen LogP contribution < -0.4 is 0 Å². The molecule has 1 aliphatic rings. The zero-order chi connectivity index (χ0) is 7.56. The molecule has 0 aromatic rings. The van der Waals surface area contributed by atoms with Crippen LogP contribution in [0.4, 0.5) is 0 Å². The SMILES string of the molecule is CSC[C@H]1OCC(O)C1O. The topological polar surface area (TPSA) is 49.7 Å². The minimum Gasteiger partial charge on any atom is -0.388 e. The van der Waals surface area contributed by atoms with Gasteiger partial charge in [0.05, 0.1) is 12.7 Å². The van der Waals surface area contributed by atoms with Crippen LogP contribution in [-0.4, -0.2) is 47.1 Å². The first-order valence-corrected chi connectivity index (χ1v) is 4.61. The average Bonchev–Trinajstić information content (AvgIpc) is 2.20. The van der Waals surface area contributed by atoms with E-state index < -0.39 is 12.2 Å². The molecule has 1 saturated heterocycles. The third-order valence-corrected chi connectivity index (χ3v) is 2.25. The van der Waals surface area contributed by atoms with Crippen molar-refractivity contribution in [3.8, 4) is 0 Å². The van der Waals surface area contributed by atoms with Crippen LogP contribution in [0.2, 0.25) is 0 Å². The lowest BCUT2D eigenvalue weighted by Crippen LogP contribution is -2.31. The fraction of sp³-hybridized carbons (Fsp3) is 1.00. The quantitative estimate of drug-likeness (QED) is 0.576. The van der Waals surface area contributed by atoms with Crippen LogP contribution in [0.1, 0.15) is 0 Å². The Morgan fingerprint density at radius 3 is 2.70 bits per heavy atom. The second-order valence-corrected chi connectivity index (χ2v) is 3.30. The molecule has 0 bridgehead atoms. The minimum absolute atomic E-state index is 0.176. The van der Waals surface area contributed by atoms with Gasteiger partial charge in [-0.25, -0.2) is 0 Å². The first-order chi connectivity index (χ1) is 4.75. The summed E-state index contributed by atoms with van der Waals surface area (Å²) < 4.78 is 5.10. The van der Waals surface area contributed by atoms with Gasteiger partial charge in [-0.15, -0.1) is 0 Å². The largest absolute Gasteiger partial charge is 0.388 e. The third-order valence-electron chi connectivity index (χ3n) is 1.59. The van der Waals surface area contributed by atoms with Gasteiger partial charge in [0.25, 0.3) is 0 Å². The van der Waals surface area contributed by atoms with E-state index in [1.165, 1.54) is 0 Å². The van der Waals surface area contributed by atoms with Crippen LogP contribution in [0.5, 0.6) is 0 Å². The molecule has 0 aromatic carbocycles. The molecule has 0 spiro atoms. The predicted octanol–water partition coefficient (Wildman–Crippen LogP) is -0.530. The van der Waals surface area contributed by atoms with Gasteiger partial charge in [0, 0.05) is 5.75 Å². The molecule has 0 aromatic heterocycles. The van der Waals surface area contributed by atoms with Crippen molar-refractivity contribution in [1.82, 2.24) is 0 Å². The number of aliphatic hydroxyl groups excluding tert-OH is 2. The maximum atomic E-state index is 9.20. The van der Waals surface area contributed by atoms with Crippen molar-refractivity contribution in [2.45, 2.75) is 18.3 Å². The molecule has 1 heterocycles. The maximum Gasteiger partial charge on any atom is 0.109 e. The Labute approximate surface area is 64.4 Å². The molecule has 10 heavy (non-hydrogen) atoms. The average molecular weight is 164 g/mol. The third kappa shape index (κ3) is 1.63. The number of rotatable bonds is 2. The lowest BCUT2D eigenvalue weighted by molar-refractivity contribution is 0.0337. The zero-order valence-electron chi connectivity index (χ0n) is 5.86. The highest BCUT2D eigenvalue weighted by Crippen LogP contribution is 2.16. The number of aliphatic hydroxyl groups is 2. The summed E-state index contributed by atoms with van der Waals surface area (Å²) in [7, 11) is 0. The Kier molecular flexibility index (Phi) is 2.97. The van der Waals surface area contributed by atoms with E-state index in [-0.39, 0.29) is 12.7 Å². The highest BCUT2D eigenvalue weighted by atomic mass is 32.2. The first kappa shape index (κ1) is 8.33. The second kappa shape index (κ2) is 3.57. The van der Waals surface area contributed by atoms with Crippen LogP contribution in [0.15, 0.2) is 0 Å². The standard InChI is InChI=1S/C6H12O3S/c1-10-3-5-6(8)4(7)2-9-5/h4-8H,2-3H2,1H3/t4?,5-,6?/m1/s1. The van der Waals surface area contributed by atoms with Gasteiger partial charge >= 0.3 is 0 Å². The molecular weight excluding hydrogens is 152 g/mol. The molecule has 1 rings (SSSR count). The van der Waals surface area contributed by atoms with Crippen LogP contribution in [0.3, 0.4) is 0 Å². The zero-order valence-corrected chi connectivity index (χ0v) is 6.67. The fourth-order valence-electron chi connectivity index (χ4n) is 0.978. The molecule has 0 saturated carbocycles. The minimum atomic E-state index is -0.688. The molecule has 0 radical (unpaired) electrons. The fourth-order valence-corrected chi connectivity index (χ4v) is 1.60. The Morgan fingerprint density at radius 1 is 1.60 bits per heavy atom. The molecule has 2 unspecified atom stereocenters. The van der Waals surface area contributed by atoms with E-state index in [0.29, 0.717) is 0 Å². The molecule has 4 heteroatoms. The van der Waals surface area contributed by atoms with Crippen molar-refractivity contribution in [2.75, 3.05) is 18.6 Å². The Hall–Kier alpha value is 0.230. The van der Waals surface area contributed by atoms with E-state index in [1.54, 1.807) is 11.8 Å². The summed E-state index contributed by atoms with van der Waals surface area (Å²) in [4.78, 5) is 0. The Morgan fingerprint density at radius 2 is 2.30 bits per heavy atom. The number of ether oxygens (including phenoxy) is 1. The molecule has 0 amide bonds. The van der Waals surface area contributed by atoms with E-state index in [1.807, 2.05) is 6.26 Å². The van der Waals surface area contributed by atoms with Crippen molar-refractivity contribution >= 4 is 11.8 Å². The van der Waals surface area contributed by atoms with Gasteiger partial charge in [-0.05, 0) is 6.26 Å². The van der Waals surface area contributed by atoms with Crippen LogP contribution in [-0.2, 0) is 4.74 Å². The number of thioether (sulfide) groups is 1. The summed E-state index contributed by atoms with van der Waals surface area (Å²) in [6, 6.07) is 0. The molecule has 0 aliphatic carbocycles. The summed E-state index contributed by atoms with van der Waals surface area (Å²) in [5.74, 6) is 0.748. The predicted molar refractivity (Wildman–Crippen MR) is 40.1 cm³/mol. The number of hydrogen-bond donors (Lipinski definition) is 2. The van der Waals surface area contributed by atoms with Crippen molar-refractivity contribution in [3.05, 3.63) is 0 Å². The monoisotopic (exact) mass is 164 g/mol. The summed E-state index contributed by atoms with van der Waals surface area (Å²) in [6.45, 7) is 0.270. The molecule has 3 atom stereocenters. The van der Waals surface area contributed by atoms with E-state index in [4.69, 9.17) is 9.84 Å². The summed E-state index contributed by atoms with van der Waals surface area (Å²) in [6.07, 6.45) is 0.399. The van der Waals surface area contributed by atoms with Gasteiger partial charge in [0.1, 0.15) is 12.2 Å². The molecule has 2 N–H and O–H groups in total. The van der Waals surface area contributed by atoms with Gasteiger partial charge in [0.15, 0.2) is 0 Å². The van der Waals surface area contributed by atoms with Gasteiger partial charge < -0.3 is 14.9 Å². The van der Waals surface area contributed by atoms with E-state index in [2.05, 4.69) is 0 Å². The number of hydrogen-bond acceptors (Lipinski definition) is 4. The highest BCUT2D eigenvalue weighted by Gasteiger charge is 2.33. The lowest BCUT2D eigenvalue weighted by Gasteiger charge is -2.12. The molecule has 60 valence electrons. The summed E-state index contributed by atoms with van der Waals surface area (Å²) in [5.41, 5.74) is 0. The van der Waals surface area contributed by atoms with Crippen LogP contribution in [0, 0.1) is 0 Å². The van der Waals surface area contributed by atoms with Gasteiger partial charge in [-0.2, -0.15) is 11.8 Å². The normalized spacial score (nSPS) is 40.5. The van der Waals surface area contributed by atoms with E-state index in [9.17, 15) is 5.11 Å². The van der Waals surface area contributed by atoms with Gasteiger partial charge in [-0.3, -0.25) is 0 Å². The summed E-state index contributed by atoms with van der Waals surface area (Å²) in [5, 5.41) is 18.2. The van der Waals surface area contributed by atoms with Crippen molar-refractivity contribution in [1.29, 1.82) is 0 Å². The van der Waals surface area contributed by atoms with Crippen molar-refractivity contribution in [2.24, 2.45) is 0 Å².